The summed E-state index contributed by atoms with van der Waals surface area (Å²) in [5, 5.41) is 10.2. The fraction of sp³-hybridized carbons (Fsp3) is 0. The van der Waals surface area contributed by atoms with Crippen molar-refractivity contribution in [3.63, 3.8) is 0 Å². The molecule has 0 saturated carbocycles. The van der Waals surface area contributed by atoms with Crippen LogP contribution in [0.25, 0.3) is 87.6 Å². The van der Waals surface area contributed by atoms with Crippen molar-refractivity contribution >= 4 is 43.1 Å². The molecule has 9 aromatic carbocycles. The molecule has 0 spiro atoms. The molecule has 0 unspecified atom stereocenters. The van der Waals surface area contributed by atoms with Crippen LogP contribution in [0.2, 0.25) is 0 Å². The van der Waals surface area contributed by atoms with Gasteiger partial charge in [0.15, 0.2) is 0 Å². The van der Waals surface area contributed by atoms with E-state index in [0.29, 0.717) is 0 Å². The molecule has 0 aromatic heterocycles. The normalized spacial score (nSPS) is 11.5. The lowest BCUT2D eigenvalue weighted by atomic mass is 9.89. The number of rotatable bonds is 4. The highest BCUT2D eigenvalue weighted by Gasteiger charge is 2.13. The largest absolute Gasteiger partial charge is 0.0622 e. The van der Waals surface area contributed by atoms with Crippen molar-refractivity contribution in [2.75, 3.05) is 0 Å². The van der Waals surface area contributed by atoms with E-state index in [1.165, 1.54) is 87.6 Å². The molecule has 214 valence electrons. The zero-order valence-electron chi connectivity index (χ0n) is 25.3. The van der Waals surface area contributed by atoms with Crippen LogP contribution in [0.3, 0.4) is 0 Å². The maximum atomic E-state index is 2.39. The highest BCUT2D eigenvalue weighted by atomic mass is 14.2. The van der Waals surface area contributed by atoms with Crippen molar-refractivity contribution in [2.24, 2.45) is 0 Å². The maximum Gasteiger partial charge on any atom is -0.00928 e. The molecule has 0 heteroatoms. The lowest BCUT2D eigenvalue weighted by Gasteiger charge is -2.15. The van der Waals surface area contributed by atoms with Gasteiger partial charge in [-0.3, -0.25) is 0 Å². The molecule has 0 nitrogen and oxygen atoms in total. The summed E-state index contributed by atoms with van der Waals surface area (Å²) in [6.45, 7) is 0. The Bertz CT molecular complexity index is 2540. The van der Waals surface area contributed by atoms with Crippen molar-refractivity contribution in [3.05, 3.63) is 182 Å². The van der Waals surface area contributed by atoms with Crippen molar-refractivity contribution in [1.82, 2.24) is 0 Å². The number of fused-ring (bicyclic) bond motifs is 5. The quantitative estimate of drug-likeness (QED) is 0.181. The molecule has 0 amide bonds. The van der Waals surface area contributed by atoms with Gasteiger partial charge in [0, 0.05) is 0 Å². The summed E-state index contributed by atoms with van der Waals surface area (Å²) in [5.74, 6) is 0. The Balaban J connectivity index is 1.18. The SMILES string of the molecule is c1ccc(-c2cc3cc(-c4ccc(-c5cccc6ccccc56)cc4)ccc3c3ccc(-c4cccc5ccccc45)cc23)cc1. The van der Waals surface area contributed by atoms with Gasteiger partial charge in [-0.25, -0.2) is 0 Å². The van der Waals surface area contributed by atoms with E-state index < -0.39 is 0 Å². The van der Waals surface area contributed by atoms with Crippen LogP contribution in [0.1, 0.15) is 0 Å². The maximum absolute atomic E-state index is 2.39. The van der Waals surface area contributed by atoms with E-state index in [1.54, 1.807) is 0 Å². The first kappa shape index (κ1) is 26.4. The van der Waals surface area contributed by atoms with E-state index in [0.717, 1.165) is 0 Å². The fourth-order valence-electron chi connectivity index (χ4n) is 7.16. The van der Waals surface area contributed by atoms with Gasteiger partial charge in [0.25, 0.3) is 0 Å². The van der Waals surface area contributed by atoms with Crippen LogP contribution in [0.15, 0.2) is 182 Å². The standard InChI is InChI=1S/C46H30/c1-2-10-34(11-3-1)45-30-38-28-36(31-20-22-35(23-21-31)41-18-8-14-32-12-4-6-16-39(32)41)24-26-43(38)44-27-25-37(29-46(44)45)42-19-9-15-33-13-5-7-17-40(33)42/h1-30H. The Labute approximate surface area is 268 Å². The number of hydrogen-bond donors (Lipinski definition) is 0. The minimum Gasteiger partial charge on any atom is -0.0622 e. The van der Waals surface area contributed by atoms with Crippen LogP contribution in [-0.2, 0) is 0 Å². The van der Waals surface area contributed by atoms with Crippen LogP contribution in [0.4, 0.5) is 0 Å². The Morgan fingerprint density at radius 1 is 0.196 bits per heavy atom. The zero-order valence-corrected chi connectivity index (χ0v) is 25.3. The lowest BCUT2D eigenvalue weighted by Crippen LogP contribution is -1.88. The second kappa shape index (κ2) is 10.9. The van der Waals surface area contributed by atoms with Gasteiger partial charge in [0.2, 0.25) is 0 Å². The molecular weight excluding hydrogens is 553 g/mol. The van der Waals surface area contributed by atoms with Gasteiger partial charge < -0.3 is 0 Å². The van der Waals surface area contributed by atoms with E-state index in [9.17, 15) is 0 Å². The predicted molar refractivity (Wildman–Crippen MR) is 198 cm³/mol. The van der Waals surface area contributed by atoms with E-state index >= 15 is 0 Å². The van der Waals surface area contributed by atoms with E-state index in [-0.39, 0.29) is 0 Å². The Morgan fingerprint density at radius 3 is 1.43 bits per heavy atom. The molecule has 0 bridgehead atoms. The molecule has 0 aliphatic heterocycles. The minimum absolute atomic E-state index is 1.22. The highest BCUT2D eigenvalue weighted by Crippen LogP contribution is 2.40. The smallest absolute Gasteiger partial charge is 0.00928 e. The van der Waals surface area contributed by atoms with Crippen molar-refractivity contribution in [3.8, 4) is 44.5 Å². The summed E-state index contributed by atoms with van der Waals surface area (Å²) in [4.78, 5) is 0. The third kappa shape index (κ3) is 4.47. The predicted octanol–water partition coefficient (Wildman–Crippen LogP) is 13.0. The Kier molecular flexibility index (Phi) is 6.25. The summed E-state index contributed by atoms with van der Waals surface area (Å²) >= 11 is 0. The van der Waals surface area contributed by atoms with Crippen LogP contribution in [-0.4, -0.2) is 0 Å². The van der Waals surface area contributed by atoms with Gasteiger partial charge in [-0.05, 0) is 106 Å². The number of benzene rings is 9. The van der Waals surface area contributed by atoms with Gasteiger partial charge in [-0.1, -0.05) is 164 Å². The van der Waals surface area contributed by atoms with Crippen LogP contribution >= 0.6 is 0 Å². The van der Waals surface area contributed by atoms with Crippen molar-refractivity contribution in [2.45, 2.75) is 0 Å². The number of hydrogen-bond acceptors (Lipinski definition) is 0. The summed E-state index contributed by atoms with van der Waals surface area (Å²) in [6, 6.07) is 66.6. The molecule has 46 heavy (non-hydrogen) atoms. The monoisotopic (exact) mass is 582 g/mol. The van der Waals surface area contributed by atoms with Gasteiger partial charge >= 0.3 is 0 Å². The molecule has 9 aromatic rings. The van der Waals surface area contributed by atoms with Gasteiger partial charge in [-0.2, -0.15) is 0 Å². The summed E-state index contributed by atoms with van der Waals surface area (Å²) in [7, 11) is 0. The Hall–Kier alpha value is -5.98. The van der Waals surface area contributed by atoms with E-state index in [2.05, 4.69) is 182 Å². The van der Waals surface area contributed by atoms with Crippen molar-refractivity contribution < 1.29 is 0 Å². The van der Waals surface area contributed by atoms with Gasteiger partial charge in [0.05, 0.1) is 0 Å². The van der Waals surface area contributed by atoms with Crippen LogP contribution < -0.4 is 0 Å². The Morgan fingerprint density at radius 2 is 0.717 bits per heavy atom. The lowest BCUT2D eigenvalue weighted by molar-refractivity contribution is 1.62. The first-order chi connectivity index (χ1) is 22.8. The fourth-order valence-corrected chi connectivity index (χ4v) is 7.16. The molecule has 0 atom stereocenters. The van der Waals surface area contributed by atoms with E-state index in [4.69, 9.17) is 0 Å². The molecule has 0 saturated heterocycles. The van der Waals surface area contributed by atoms with Gasteiger partial charge in [-0.15, -0.1) is 0 Å². The molecule has 0 fully saturated rings. The average Bonchev–Trinajstić information content (AvgIpc) is 3.14. The summed E-state index contributed by atoms with van der Waals surface area (Å²) in [5.41, 5.74) is 9.94. The molecule has 0 N–H and O–H groups in total. The second-order valence-electron chi connectivity index (χ2n) is 12.1. The molecule has 9 rings (SSSR count). The first-order valence-electron chi connectivity index (χ1n) is 15.9. The molecule has 0 aliphatic rings. The molecule has 0 radical (unpaired) electrons. The van der Waals surface area contributed by atoms with Gasteiger partial charge in [0.1, 0.15) is 0 Å². The average molecular weight is 583 g/mol. The topological polar surface area (TPSA) is 0 Å². The highest BCUT2D eigenvalue weighted by molar-refractivity contribution is 6.16. The molecular formula is C46H30. The second-order valence-corrected chi connectivity index (χ2v) is 12.1. The molecule has 0 heterocycles. The summed E-state index contributed by atoms with van der Waals surface area (Å²) in [6.07, 6.45) is 0. The van der Waals surface area contributed by atoms with E-state index in [1.807, 2.05) is 0 Å². The molecule has 0 aliphatic carbocycles. The first-order valence-corrected chi connectivity index (χ1v) is 15.9. The van der Waals surface area contributed by atoms with Crippen LogP contribution in [0.5, 0.6) is 0 Å². The minimum atomic E-state index is 1.22. The third-order valence-corrected chi connectivity index (χ3v) is 9.46. The zero-order chi connectivity index (χ0) is 30.5. The third-order valence-electron chi connectivity index (χ3n) is 9.46. The van der Waals surface area contributed by atoms with Crippen molar-refractivity contribution in [1.29, 1.82) is 0 Å². The summed E-state index contributed by atoms with van der Waals surface area (Å²) < 4.78 is 0. The van der Waals surface area contributed by atoms with Crippen LogP contribution in [0, 0.1) is 0 Å².